The van der Waals surface area contributed by atoms with Crippen molar-refractivity contribution in [2.45, 2.75) is 46.0 Å². The van der Waals surface area contributed by atoms with Gasteiger partial charge in [0.25, 0.3) is 0 Å². The number of carbonyl (C=O) groups is 2. The molecule has 5 heteroatoms. The van der Waals surface area contributed by atoms with Crippen LogP contribution >= 0.6 is 0 Å². The molecule has 0 aliphatic heterocycles. The minimum Gasteiger partial charge on any atom is -0.490 e. The number of hydrogen-bond acceptors (Lipinski definition) is 5. The van der Waals surface area contributed by atoms with Crippen LogP contribution in [0.1, 0.15) is 46.0 Å². The smallest absolute Gasteiger partial charge is 0.224 e. The molecule has 134 valence electrons. The fraction of sp³-hybridized carbons (Fsp3) is 0.579. The Kier molecular flexibility index (Phi) is 8.90. The highest BCUT2D eigenvalue weighted by Crippen LogP contribution is 2.20. The van der Waals surface area contributed by atoms with E-state index in [9.17, 15) is 9.59 Å². The Hall–Kier alpha value is -2.04. The van der Waals surface area contributed by atoms with E-state index in [0.29, 0.717) is 31.2 Å². The predicted molar refractivity (Wildman–Crippen MR) is 94.3 cm³/mol. The number of ketones is 2. The molecule has 0 saturated heterocycles. The van der Waals surface area contributed by atoms with E-state index in [1.165, 1.54) is 0 Å². The molecule has 0 heterocycles. The van der Waals surface area contributed by atoms with E-state index >= 15 is 0 Å². The van der Waals surface area contributed by atoms with Crippen LogP contribution in [0.3, 0.4) is 0 Å². The monoisotopic (exact) mass is 335 g/mol. The van der Waals surface area contributed by atoms with Gasteiger partial charge in [-0.05, 0) is 51.7 Å². The van der Waals surface area contributed by atoms with Gasteiger partial charge in [0.1, 0.15) is 0 Å². The Labute approximate surface area is 145 Å². The van der Waals surface area contributed by atoms with Crippen molar-refractivity contribution in [3.63, 3.8) is 0 Å². The molecule has 0 saturated carbocycles. The van der Waals surface area contributed by atoms with Crippen molar-refractivity contribution in [1.82, 2.24) is 4.90 Å². The normalized spacial score (nSPS) is 19.1. The average molecular weight is 335 g/mol. The van der Waals surface area contributed by atoms with E-state index in [1.807, 2.05) is 51.2 Å². The van der Waals surface area contributed by atoms with Crippen LogP contribution in [0.5, 0.6) is 0 Å². The van der Waals surface area contributed by atoms with Crippen molar-refractivity contribution in [3.8, 4) is 0 Å². The van der Waals surface area contributed by atoms with Gasteiger partial charge in [-0.3, -0.25) is 9.59 Å². The number of nitrogens with zero attached hydrogens (tertiary/aromatic N) is 1. The lowest BCUT2D eigenvalue weighted by Crippen LogP contribution is -2.16. The zero-order chi connectivity index (χ0) is 17.9. The van der Waals surface area contributed by atoms with Crippen molar-refractivity contribution < 1.29 is 19.1 Å². The summed E-state index contributed by atoms with van der Waals surface area (Å²) in [4.78, 5) is 24.6. The van der Waals surface area contributed by atoms with Crippen LogP contribution in [-0.4, -0.2) is 43.8 Å². The molecule has 2 rings (SSSR count). The molecule has 0 amide bonds. The van der Waals surface area contributed by atoms with Crippen LogP contribution < -0.4 is 0 Å². The van der Waals surface area contributed by atoms with Gasteiger partial charge in [0, 0.05) is 32.3 Å². The zero-order valence-electron chi connectivity index (χ0n) is 15.3. The van der Waals surface area contributed by atoms with Crippen LogP contribution in [0.15, 0.2) is 35.4 Å². The molecule has 0 radical (unpaired) electrons. The van der Waals surface area contributed by atoms with Crippen molar-refractivity contribution >= 4 is 11.6 Å². The molecule has 0 N–H and O–H groups in total. The summed E-state index contributed by atoms with van der Waals surface area (Å²) >= 11 is 0. The molecule has 0 atom stereocenters. The van der Waals surface area contributed by atoms with Crippen LogP contribution in [-0.2, 0) is 19.1 Å². The summed E-state index contributed by atoms with van der Waals surface area (Å²) in [6.07, 6.45) is 9.96. The summed E-state index contributed by atoms with van der Waals surface area (Å²) in [5.74, 6) is 1.28. The molecule has 24 heavy (non-hydrogen) atoms. The van der Waals surface area contributed by atoms with Gasteiger partial charge in [-0.1, -0.05) is 0 Å². The number of rotatable bonds is 5. The molecule has 0 spiro atoms. The van der Waals surface area contributed by atoms with E-state index in [2.05, 4.69) is 0 Å². The van der Waals surface area contributed by atoms with Gasteiger partial charge in [0.15, 0.2) is 17.3 Å². The first-order valence-electron chi connectivity index (χ1n) is 8.60. The minimum atomic E-state index is 0.0341. The van der Waals surface area contributed by atoms with Crippen LogP contribution in [0.25, 0.3) is 0 Å². The highest BCUT2D eigenvalue weighted by atomic mass is 16.5. The Balaban J connectivity index is 0.000000254. The zero-order valence-corrected chi connectivity index (χ0v) is 15.3. The summed E-state index contributed by atoms with van der Waals surface area (Å²) in [6, 6.07) is 0. The molecule has 0 aromatic heterocycles. The standard InChI is InChI=1S/C11H17NO2.C8H12O2/c1-4-14-10-7-5-6-9(11(10)13)8-12(2)3;1-2-10-8-6-4-3-5-7(8)9/h7-8H,4-6H2,1-3H3;6H,2-5H2,1H3/b9-8-;. The molecule has 0 bridgehead atoms. The van der Waals surface area contributed by atoms with Gasteiger partial charge in [0.2, 0.25) is 5.78 Å². The lowest BCUT2D eigenvalue weighted by atomic mass is 9.99. The molecule has 2 aliphatic rings. The molecule has 0 aromatic carbocycles. The Morgan fingerprint density at radius 1 is 1.00 bits per heavy atom. The first-order chi connectivity index (χ1) is 11.5. The highest BCUT2D eigenvalue weighted by Gasteiger charge is 2.20. The molecular formula is C19H29NO4. The summed E-state index contributed by atoms with van der Waals surface area (Å²) in [6.45, 7) is 4.92. The van der Waals surface area contributed by atoms with Crippen LogP contribution in [0.2, 0.25) is 0 Å². The third kappa shape index (κ3) is 6.60. The van der Waals surface area contributed by atoms with Crippen LogP contribution in [0, 0.1) is 0 Å². The van der Waals surface area contributed by atoms with Crippen molar-refractivity contribution in [1.29, 1.82) is 0 Å². The van der Waals surface area contributed by atoms with Crippen molar-refractivity contribution in [2.75, 3.05) is 27.3 Å². The van der Waals surface area contributed by atoms with E-state index in [-0.39, 0.29) is 11.6 Å². The van der Waals surface area contributed by atoms with Crippen molar-refractivity contribution in [2.24, 2.45) is 0 Å². The maximum atomic E-state index is 11.8. The van der Waals surface area contributed by atoms with E-state index in [0.717, 1.165) is 31.3 Å². The summed E-state index contributed by atoms with van der Waals surface area (Å²) < 4.78 is 10.4. The number of ether oxygens (including phenoxy) is 2. The van der Waals surface area contributed by atoms with Gasteiger partial charge in [-0.2, -0.15) is 0 Å². The highest BCUT2D eigenvalue weighted by molar-refractivity contribution is 6.07. The molecule has 5 nitrogen and oxygen atoms in total. The fourth-order valence-corrected chi connectivity index (χ4v) is 2.47. The van der Waals surface area contributed by atoms with E-state index < -0.39 is 0 Å². The van der Waals surface area contributed by atoms with Gasteiger partial charge >= 0.3 is 0 Å². The fourth-order valence-electron chi connectivity index (χ4n) is 2.47. The first kappa shape index (κ1) is 20.0. The number of carbonyl (C=O) groups excluding carboxylic acids is 2. The molecule has 0 unspecified atom stereocenters. The average Bonchev–Trinajstić information content (AvgIpc) is 2.54. The van der Waals surface area contributed by atoms with Gasteiger partial charge in [-0.25, -0.2) is 0 Å². The van der Waals surface area contributed by atoms with E-state index in [4.69, 9.17) is 9.47 Å². The molecule has 2 aliphatic carbocycles. The van der Waals surface area contributed by atoms with Crippen LogP contribution in [0.4, 0.5) is 0 Å². The maximum absolute atomic E-state index is 11.8. The largest absolute Gasteiger partial charge is 0.490 e. The Morgan fingerprint density at radius 3 is 2.21 bits per heavy atom. The predicted octanol–water partition coefficient (Wildman–Crippen LogP) is 3.38. The second-order valence-corrected chi connectivity index (χ2v) is 5.80. The topological polar surface area (TPSA) is 55.8 Å². The Bertz CT molecular complexity index is 529. The summed E-state index contributed by atoms with van der Waals surface area (Å²) in [5, 5.41) is 0. The van der Waals surface area contributed by atoms with Gasteiger partial charge in [-0.15, -0.1) is 0 Å². The van der Waals surface area contributed by atoms with E-state index in [1.54, 1.807) is 0 Å². The quantitative estimate of drug-likeness (QED) is 0.721. The molecular weight excluding hydrogens is 306 g/mol. The molecule has 0 fully saturated rings. The first-order valence-corrected chi connectivity index (χ1v) is 8.60. The third-order valence-corrected chi connectivity index (χ3v) is 3.49. The SMILES string of the molecule is CCOC1=CCC/C(=C/N(C)C)C1=O.CCOC1=CCCCC1=O. The maximum Gasteiger partial charge on any atom is 0.224 e. The van der Waals surface area contributed by atoms with Crippen molar-refractivity contribution in [3.05, 3.63) is 35.4 Å². The van der Waals surface area contributed by atoms with Gasteiger partial charge in [0.05, 0.1) is 13.2 Å². The number of hydrogen-bond donors (Lipinski definition) is 0. The second-order valence-electron chi connectivity index (χ2n) is 5.80. The number of Topliss-reactive ketones (excluding diaryl/α,β-unsaturated/α-hetero) is 2. The minimum absolute atomic E-state index is 0.0341. The summed E-state index contributed by atoms with van der Waals surface area (Å²) in [5.41, 5.74) is 0.834. The summed E-state index contributed by atoms with van der Waals surface area (Å²) in [7, 11) is 3.83. The lowest BCUT2D eigenvalue weighted by Gasteiger charge is -2.16. The molecule has 0 aromatic rings. The third-order valence-electron chi connectivity index (χ3n) is 3.49. The van der Waals surface area contributed by atoms with Gasteiger partial charge < -0.3 is 14.4 Å². The Morgan fingerprint density at radius 2 is 1.62 bits per heavy atom. The second kappa shape index (κ2) is 10.7. The number of allylic oxidation sites excluding steroid dienone is 4. The lowest BCUT2D eigenvalue weighted by molar-refractivity contribution is -0.119.